The largest absolute Gasteiger partial charge is 0.321 e. The number of benzene rings is 2. The summed E-state index contributed by atoms with van der Waals surface area (Å²) >= 11 is 17.6. The molecule has 0 radical (unpaired) electrons. The lowest BCUT2D eigenvalue weighted by Crippen LogP contribution is -2.14. The highest BCUT2D eigenvalue weighted by atomic mass is 35.5. The summed E-state index contributed by atoms with van der Waals surface area (Å²) < 4.78 is 0. The number of carbonyl (C=O) groups excluding carboxylic acids is 1. The van der Waals surface area contributed by atoms with Gasteiger partial charge in [0, 0.05) is 6.07 Å². The zero-order valence-corrected chi connectivity index (χ0v) is 13.7. The van der Waals surface area contributed by atoms with E-state index in [4.69, 9.17) is 34.8 Å². The van der Waals surface area contributed by atoms with Crippen molar-refractivity contribution < 1.29 is 14.6 Å². The van der Waals surface area contributed by atoms with E-state index in [1.807, 2.05) is 0 Å². The first-order valence-corrected chi connectivity index (χ1v) is 7.23. The zero-order chi connectivity index (χ0) is 18.0. The minimum atomic E-state index is -0.918. The van der Waals surface area contributed by atoms with Crippen LogP contribution in [0.3, 0.4) is 0 Å². The number of hydrogen-bond acceptors (Lipinski definition) is 5. The van der Waals surface area contributed by atoms with Gasteiger partial charge in [-0.3, -0.25) is 25.0 Å². The molecule has 1 N–H and O–H groups in total. The molecule has 0 fully saturated rings. The predicted octanol–water partition coefficient (Wildman–Crippen LogP) is 4.72. The van der Waals surface area contributed by atoms with Crippen molar-refractivity contribution in [3.8, 4) is 0 Å². The maximum absolute atomic E-state index is 12.3. The number of halogens is 3. The molecule has 2 aromatic carbocycles. The Bertz CT molecular complexity index is 872. The second-order valence-corrected chi connectivity index (χ2v) is 5.56. The lowest BCUT2D eigenvalue weighted by molar-refractivity contribution is -0.394. The van der Waals surface area contributed by atoms with Gasteiger partial charge in [-0.2, -0.15) is 0 Å². The van der Waals surface area contributed by atoms with Gasteiger partial charge in [-0.15, -0.1) is 0 Å². The summed E-state index contributed by atoms with van der Waals surface area (Å²) in [6, 6.07) is 5.95. The molecule has 24 heavy (non-hydrogen) atoms. The first kappa shape index (κ1) is 17.9. The van der Waals surface area contributed by atoms with Crippen LogP contribution in [0.2, 0.25) is 15.1 Å². The van der Waals surface area contributed by atoms with Crippen molar-refractivity contribution >= 4 is 57.8 Å². The quantitative estimate of drug-likeness (QED) is 0.599. The molecule has 0 aliphatic carbocycles. The van der Waals surface area contributed by atoms with Gasteiger partial charge in [-0.1, -0.05) is 40.9 Å². The summed E-state index contributed by atoms with van der Waals surface area (Å²) in [5, 5.41) is 23.9. The molecule has 0 unspecified atom stereocenters. The molecule has 0 atom stereocenters. The van der Waals surface area contributed by atoms with Crippen LogP contribution in [0.15, 0.2) is 30.3 Å². The summed E-state index contributed by atoms with van der Waals surface area (Å²) in [5.41, 5.74) is -1.71. The molecule has 124 valence electrons. The molecular weight excluding hydrogens is 385 g/mol. The monoisotopic (exact) mass is 389 g/mol. The van der Waals surface area contributed by atoms with Crippen molar-refractivity contribution in [2.45, 2.75) is 0 Å². The van der Waals surface area contributed by atoms with Gasteiger partial charge >= 0.3 is 0 Å². The number of nitro groups is 2. The fourth-order valence-electron chi connectivity index (χ4n) is 1.79. The van der Waals surface area contributed by atoms with Crippen LogP contribution < -0.4 is 5.32 Å². The van der Waals surface area contributed by atoms with Gasteiger partial charge < -0.3 is 5.32 Å². The van der Waals surface area contributed by atoms with Crippen LogP contribution in [0.25, 0.3) is 0 Å². The van der Waals surface area contributed by atoms with E-state index in [1.54, 1.807) is 0 Å². The third-order valence-electron chi connectivity index (χ3n) is 2.89. The second kappa shape index (κ2) is 7.00. The van der Waals surface area contributed by atoms with E-state index in [2.05, 4.69) is 5.32 Å². The molecule has 0 saturated heterocycles. The fraction of sp³-hybridized carbons (Fsp3) is 0. The van der Waals surface area contributed by atoms with Gasteiger partial charge in [-0.25, -0.2) is 0 Å². The van der Waals surface area contributed by atoms with Crippen molar-refractivity contribution in [2.75, 3.05) is 5.32 Å². The number of hydrogen-bond donors (Lipinski definition) is 1. The van der Waals surface area contributed by atoms with Crippen LogP contribution >= 0.6 is 34.8 Å². The molecule has 0 saturated carbocycles. The van der Waals surface area contributed by atoms with E-state index in [-0.39, 0.29) is 15.7 Å². The molecule has 8 nitrogen and oxygen atoms in total. The summed E-state index contributed by atoms with van der Waals surface area (Å²) in [7, 11) is 0. The highest BCUT2D eigenvalue weighted by Gasteiger charge is 2.26. The molecule has 0 aliphatic rings. The molecule has 0 spiro atoms. The van der Waals surface area contributed by atoms with Crippen LogP contribution in [0.5, 0.6) is 0 Å². The highest BCUT2D eigenvalue weighted by Crippen LogP contribution is 2.34. The Morgan fingerprint density at radius 2 is 1.67 bits per heavy atom. The molecule has 0 aliphatic heterocycles. The van der Waals surface area contributed by atoms with E-state index in [9.17, 15) is 25.0 Å². The Balaban J connectivity index is 2.50. The highest BCUT2D eigenvalue weighted by molar-refractivity contribution is 6.44. The zero-order valence-electron chi connectivity index (χ0n) is 11.5. The van der Waals surface area contributed by atoms with E-state index in [1.165, 1.54) is 18.2 Å². The maximum atomic E-state index is 12.3. The number of nitro benzene ring substituents is 2. The SMILES string of the molecule is O=C(Nc1cccc(Cl)c1Cl)c1cc([N+](=O)[O-])cc([N+](=O)[O-])c1Cl. The molecular formula is C13H6Cl3N3O5. The lowest BCUT2D eigenvalue weighted by Gasteiger charge is -2.09. The minimum Gasteiger partial charge on any atom is -0.321 e. The number of rotatable bonds is 4. The number of non-ortho nitro benzene ring substituents is 1. The van der Waals surface area contributed by atoms with Gasteiger partial charge in [0.15, 0.2) is 0 Å². The summed E-state index contributed by atoms with van der Waals surface area (Å²) in [6.07, 6.45) is 0. The Labute approximate surface area is 149 Å². The number of anilines is 1. The van der Waals surface area contributed by atoms with Gasteiger partial charge in [0.1, 0.15) is 5.02 Å². The Morgan fingerprint density at radius 1 is 1.00 bits per heavy atom. The fourth-order valence-corrected chi connectivity index (χ4v) is 2.40. The standard InChI is InChI=1S/C13H6Cl3N3O5/c14-8-2-1-3-9(12(8)16)17-13(20)7-4-6(18(21)22)5-10(11(7)15)19(23)24/h1-5H,(H,17,20). The summed E-state index contributed by atoms with van der Waals surface area (Å²) in [5.74, 6) is -0.907. The minimum absolute atomic E-state index is 0.0450. The normalized spacial score (nSPS) is 10.3. The third-order valence-corrected chi connectivity index (χ3v) is 4.11. The molecule has 1 amide bonds. The topological polar surface area (TPSA) is 115 Å². The Kier molecular flexibility index (Phi) is 5.23. The summed E-state index contributed by atoms with van der Waals surface area (Å²) in [6.45, 7) is 0. The van der Waals surface area contributed by atoms with Crippen molar-refractivity contribution in [3.63, 3.8) is 0 Å². The second-order valence-electron chi connectivity index (χ2n) is 4.40. The average molecular weight is 391 g/mol. The van der Waals surface area contributed by atoms with Crippen molar-refractivity contribution in [2.24, 2.45) is 0 Å². The first-order chi connectivity index (χ1) is 11.2. The maximum Gasteiger partial charge on any atom is 0.295 e. The van der Waals surface area contributed by atoms with E-state index >= 15 is 0 Å². The Morgan fingerprint density at radius 3 is 2.25 bits per heavy atom. The van der Waals surface area contributed by atoms with Crippen LogP contribution in [0, 0.1) is 20.2 Å². The number of nitrogens with one attached hydrogen (secondary N) is 1. The molecule has 2 aromatic rings. The van der Waals surface area contributed by atoms with Crippen LogP contribution in [0.4, 0.5) is 17.1 Å². The lowest BCUT2D eigenvalue weighted by atomic mass is 10.1. The molecule has 2 rings (SSSR count). The number of amides is 1. The predicted molar refractivity (Wildman–Crippen MR) is 89.2 cm³/mol. The summed E-state index contributed by atoms with van der Waals surface area (Å²) in [4.78, 5) is 32.4. The number of carbonyl (C=O) groups is 1. The van der Waals surface area contributed by atoms with Gasteiger partial charge in [0.2, 0.25) is 0 Å². The van der Waals surface area contributed by atoms with Gasteiger partial charge in [0.05, 0.1) is 37.2 Å². The van der Waals surface area contributed by atoms with Crippen molar-refractivity contribution in [3.05, 3.63) is 71.2 Å². The molecule has 0 aromatic heterocycles. The van der Waals surface area contributed by atoms with Crippen molar-refractivity contribution in [1.82, 2.24) is 0 Å². The average Bonchev–Trinajstić information content (AvgIpc) is 2.51. The molecule has 11 heteroatoms. The molecule has 0 heterocycles. The Hall–Kier alpha value is -2.42. The van der Waals surface area contributed by atoms with Gasteiger partial charge in [-0.05, 0) is 12.1 Å². The molecule has 0 bridgehead atoms. The van der Waals surface area contributed by atoms with E-state index in [0.29, 0.717) is 6.07 Å². The van der Waals surface area contributed by atoms with Crippen LogP contribution in [0.1, 0.15) is 10.4 Å². The smallest absolute Gasteiger partial charge is 0.295 e. The third kappa shape index (κ3) is 3.56. The number of nitrogens with zero attached hydrogens (tertiary/aromatic N) is 2. The van der Waals surface area contributed by atoms with Crippen LogP contribution in [-0.2, 0) is 0 Å². The van der Waals surface area contributed by atoms with Crippen LogP contribution in [-0.4, -0.2) is 15.8 Å². The van der Waals surface area contributed by atoms with Gasteiger partial charge in [0.25, 0.3) is 17.3 Å². The first-order valence-electron chi connectivity index (χ1n) is 6.10. The van der Waals surface area contributed by atoms with E-state index < -0.39 is 37.7 Å². The van der Waals surface area contributed by atoms with E-state index in [0.717, 1.165) is 6.07 Å². The van der Waals surface area contributed by atoms with Crippen molar-refractivity contribution in [1.29, 1.82) is 0 Å².